The molecule has 5 nitrogen and oxygen atoms in total. The summed E-state index contributed by atoms with van der Waals surface area (Å²) in [6.07, 6.45) is 6.34. The Kier molecular flexibility index (Phi) is 4.51. The second-order valence-corrected chi connectivity index (χ2v) is 5.81. The van der Waals surface area contributed by atoms with Crippen molar-refractivity contribution in [2.45, 2.75) is 38.1 Å². The van der Waals surface area contributed by atoms with Crippen LogP contribution in [-0.2, 0) is 4.79 Å². The van der Waals surface area contributed by atoms with Gasteiger partial charge in [-0.2, -0.15) is 0 Å². The first kappa shape index (κ1) is 14.8. The van der Waals surface area contributed by atoms with Gasteiger partial charge in [0.25, 0.3) is 0 Å². The molecule has 2 heterocycles. The van der Waals surface area contributed by atoms with Gasteiger partial charge in [-0.3, -0.25) is 4.79 Å². The summed E-state index contributed by atoms with van der Waals surface area (Å²) in [5, 5.41) is 7.94. The minimum Gasteiger partial charge on any atom is -0.342 e. The zero-order valence-electron chi connectivity index (χ0n) is 12.9. The fraction of sp³-hybridized carbons (Fsp3) is 0.471. The molecule has 0 radical (unpaired) electrons. The topological polar surface area (TPSA) is 51.0 Å². The van der Waals surface area contributed by atoms with E-state index in [1.165, 1.54) is 0 Å². The molecule has 1 saturated heterocycles. The summed E-state index contributed by atoms with van der Waals surface area (Å²) in [7, 11) is 0. The van der Waals surface area contributed by atoms with Crippen molar-refractivity contribution < 1.29 is 4.79 Å². The monoisotopic (exact) mass is 298 g/mol. The molecule has 1 aromatic carbocycles. The van der Waals surface area contributed by atoms with E-state index < -0.39 is 0 Å². The minimum atomic E-state index is -0.0240. The molecule has 2 aromatic rings. The molecule has 0 saturated carbocycles. The molecule has 1 aliphatic rings. The van der Waals surface area contributed by atoms with E-state index in [0.29, 0.717) is 6.04 Å². The zero-order valence-corrected chi connectivity index (χ0v) is 12.9. The molecular weight excluding hydrogens is 276 g/mol. The Morgan fingerprint density at radius 2 is 2.00 bits per heavy atom. The van der Waals surface area contributed by atoms with Gasteiger partial charge in [0.15, 0.2) is 0 Å². The normalized spacial score (nSPS) is 17.4. The summed E-state index contributed by atoms with van der Waals surface area (Å²) in [6, 6.07) is 10.5. The number of hydrogen-bond donors (Lipinski definition) is 0. The Labute approximate surface area is 130 Å². The van der Waals surface area contributed by atoms with E-state index in [1.54, 1.807) is 6.20 Å². The molecule has 1 fully saturated rings. The van der Waals surface area contributed by atoms with Crippen LogP contribution in [0.1, 0.15) is 43.7 Å². The molecule has 22 heavy (non-hydrogen) atoms. The number of carbonyl (C=O) groups is 1. The number of nitrogens with zero attached hydrogens (tertiary/aromatic N) is 4. The summed E-state index contributed by atoms with van der Waals surface area (Å²) in [5.74, 6) is 0.231. The van der Waals surface area contributed by atoms with Crippen molar-refractivity contribution >= 4 is 5.91 Å². The average molecular weight is 298 g/mol. The van der Waals surface area contributed by atoms with Crippen molar-refractivity contribution in [2.75, 3.05) is 13.1 Å². The number of rotatable bonds is 4. The van der Waals surface area contributed by atoms with Gasteiger partial charge in [-0.1, -0.05) is 42.5 Å². The van der Waals surface area contributed by atoms with Crippen LogP contribution in [0.25, 0.3) is 0 Å². The first-order valence-corrected chi connectivity index (χ1v) is 7.99. The van der Waals surface area contributed by atoms with E-state index in [9.17, 15) is 4.79 Å². The van der Waals surface area contributed by atoms with Crippen LogP contribution in [-0.4, -0.2) is 38.9 Å². The lowest BCUT2D eigenvalue weighted by Gasteiger charge is -2.34. The Balaban J connectivity index is 1.64. The van der Waals surface area contributed by atoms with Crippen molar-refractivity contribution in [3.63, 3.8) is 0 Å². The predicted octanol–water partition coefficient (Wildman–Crippen LogP) is 2.64. The van der Waals surface area contributed by atoms with Crippen molar-refractivity contribution in [3.05, 3.63) is 48.3 Å². The highest BCUT2D eigenvalue weighted by atomic mass is 16.2. The second kappa shape index (κ2) is 6.73. The Bertz CT molecular complexity index is 588. The molecule has 1 atom stereocenters. The van der Waals surface area contributed by atoms with Crippen molar-refractivity contribution in [1.82, 2.24) is 19.9 Å². The summed E-state index contributed by atoms with van der Waals surface area (Å²) in [4.78, 5) is 14.8. The van der Waals surface area contributed by atoms with E-state index in [0.717, 1.165) is 37.9 Å². The minimum absolute atomic E-state index is 0.0240. The Morgan fingerprint density at radius 1 is 1.27 bits per heavy atom. The molecule has 1 amide bonds. The van der Waals surface area contributed by atoms with E-state index in [4.69, 9.17) is 0 Å². The maximum atomic E-state index is 12.8. The predicted molar refractivity (Wildman–Crippen MR) is 84.3 cm³/mol. The number of piperidine rings is 1. The number of carbonyl (C=O) groups excluding carboxylic acids is 1. The van der Waals surface area contributed by atoms with Crippen LogP contribution in [0.4, 0.5) is 0 Å². The maximum absolute atomic E-state index is 12.8. The molecule has 0 bridgehead atoms. The number of hydrogen-bond acceptors (Lipinski definition) is 3. The highest BCUT2D eigenvalue weighted by Gasteiger charge is 2.28. The standard InChI is InChI=1S/C17H22N4O/c1-2-16(14-6-4-3-5-7-14)17(22)20-11-8-15(9-12-20)21-13-10-18-19-21/h3-7,10,13,15-16H,2,8-9,11-12H2,1H3/t16-/m1/s1. The summed E-state index contributed by atoms with van der Waals surface area (Å²) in [6.45, 7) is 3.68. The second-order valence-electron chi connectivity index (χ2n) is 5.81. The summed E-state index contributed by atoms with van der Waals surface area (Å²) < 4.78 is 1.91. The number of benzene rings is 1. The third-order valence-corrected chi connectivity index (χ3v) is 4.50. The highest BCUT2D eigenvalue weighted by Crippen LogP contribution is 2.26. The van der Waals surface area contributed by atoms with Crippen LogP contribution in [0, 0.1) is 0 Å². The first-order chi connectivity index (χ1) is 10.8. The fourth-order valence-corrected chi connectivity index (χ4v) is 3.22. The lowest BCUT2D eigenvalue weighted by atomic mass is 9.93. The number of likely N-dealkylation sites (tertiary alicyclic amines) is 1. The van der Waals surface area contributed by atoms with E-state index >= 15 is 0 Å². The third-order valence-electron chi connectivity index (χ3n) is 4.50. The van der Waals surface area contributed by atoms with Crippen LogP contribution in [0.2, 0.25) is 0 Å². The van der Waals surface area contributed by atoms with Gasteiger partial charge < -0.3 is 4.90 Å². The fourth-order valence-electron chi connectivity index (χ4n) is 3.22. The van der Waals surface area contributed by atoms with Crippen LogP contribution in [0.5, 0.6) is 0 Å². The van der Waals surface area contributed by atoms with Gasteiger partial charge in [-0.05, 0) is 24.8 Å². The largest absolute Gasteiger partial charge is 0.342 e. The molecule has 0 N–H and O–H groups in total. The van der Waals surface area contributed by atoms with Gasteiger partial charge in [-0.25, -0.2) is 4.68 Å². The van der Waals surface area contributed by atoms with Gasteiger partial charge in [0.05, 0.1) is 18.2 Å². The van der Waals surface area contributed by atoms with Crippen LogP contribution in [0.15, 0.2) is 42.7 Å². The highest BCUT2D eigenvalue weighted by molar-refractivity contribution is 5.83. The summed E-state index contributed by atoms with van der Waals surface area (Å²) in [5.41, 5.74) is 1.12. The van der Waals surface area contributed by atoms with Gasteiger partial charge in [0.2, 0.25) is 5.91 Å². The number of amides is 1. The molecule has 1 aromatic heterocycles. The van der Waals surface area contributed by atoms with Crippen molar-refractivity contribution in [1.29, 1.82) is 0 Å². The van der Waals surface area contributed by atoms with Crippen molar-refractivity contribution in [2.24, 2.45) is 0 Å². The van der Waals surface area contributed by atoms with Crippen LogP contribution >= 0.6 is 0 Å². The SMILES string of the molecule is CC[C@@H](C(=O)N1CCC(n2ccnn2)CC1)c1ccccc1. The Hall–Kier alpha value is -2.17. The maximum Gasteiger partial charge on any atom is 0.230 e. The lowest BCUT2D eigenvalue weighted by Crippen LogP contribution is -2.41. The van der Waals surface area contributed by atoms with Crippen LogP contribution in [0.3, 0.4) is 0 Å². The molecule has 1 aliphatic heterocycles. The van der Waals surface area contributed by atoms with E-state index in [-0.39, 0.29) is 11.8 Å². The van der Waals surface area contributed by atoms with Gasteiger partial charge in [0.1, 0.15) is 0 Å². The molecule has 5 heteroatoms. The summed E-state index contributed by atoms with van der Waals surface area (Å²) >= 11 is 0. The van der Waals surface area contributed by atoms with Crippen molar-refractivity contribution in [3.8, 4) is 0 Å². The van der Waals surface area contributed by atoms with Gasteiger partial charge in [-0.15, -0.1) is 5.10 Å². The molecule has 0 unspecified atom stereocenters. The first-order valence-electron chi connectivity index (χ1n) is 7.99. The lowest BCUT2D eigenvalue weighted by molar-refractivity contribution is -0.134. The molecule has 0 aliphatic carbocycles. The van der Waals surface area contributed by atoms with E-state index in [2.05, 4.69) is 17.2 Å². The smallest absolute Gasteiger partial charge is 0.230 e. The van der Waals surface area contributed by atoms with Gasteiger partial charge >= 0.3 is 0 Å². The van der Waals surface area contributed by atoms with E-state index in [1.807, 2.05) is 46.1 Å². The number of aromatic nitrogens is 3. The molecular formula is C17H22N4O. The zero-order chi connectivity index (χ0) is 15.4. The molecule has 116 valence electrons. The Morgan fingerprint density at radius 3 is 2.59 bits per heavy atom. The van der Waals surface area contributed by atoms with Gasteiger partial charge in [0, 0.05) is 19.3 Å². The molecule has 3 rings (SSSR count). The third kappa shape index (κ3) is 3.03. The van der Waals surface area contributed by atoms with Crippen LogP contribution < -0.4 is 0 Å². The average Bonchev–Trinajstić information content (AvgIpc) is 3.11. The quantitative estimate of drug-likeness (QED) is 0.872. The molecule has 0 spiro atoms.